The van der Waals surface area contributed by atoms with Crippen molar-refractivity contribution >= 4 is 64.9 Å². The van der Waals surface area contributed by atoms with Gasteiger partial charge in [-0.15, -0.1) is 0 Å². The highest BCUT2D eigenvalue weighted by atomic mass is 28.5. The van der Waals surface area contributed by atoms with Crippen LogP contribution < -0.4 is 0 Å². The Balaban J connectivity index is 1.53. The molecule has 4 heterocycles. The smallest absolute Gasteiger partial charge is 0.335 e. The topological polar surface area (TPSA) is 330 Å². The number of hydrogen-bond acceptors (Lipinski definition) is 29. The molecule has 29 nitrogen and oxygen atoms in total. The van der Waals surface area contributed by atoms with Crippen molar-refractivity contribution in [3.05, 3.63) is 0 Å². The van der Waals surface area contributed by atoms with Crippen molar-refractivity contribution in [1.29, 1.82) is 0 Å². The van der Waals surface area contributed by atoms with Crippen molar-refractivity contribution in [2.45, 2.75) is 225 Å². The van der Waals surface area contributed by atoms with E-state index >= 15 is 0 Å². The van der Waals surface area contributed by atoms with Gasteiger partial charge in [-0.25, -0.2) is 0 Å². The molecule has 0 aromatic heterocycles. The fourth-order valence-corrected chi connectivity index (χ4v) is 21.6. The Morgan fingerprint density at radius 1 is 0.369 bits per heavy atom. The van der Waals surface area contributed by atoms with E-state index in [9.17, 15) is 38.4 Å². The molecule has 15 atom stereocenters. The Bertz CT molecular complexity index is 2150. The number of methoxy groups -OCH3 is 1. The highest BCUT2D eigenvalue weighted by Crippen LogP contribution is 2.50. The van der Waals surface area contributed by atoms with Crippen LogP contribution in [-0.2, 0) is 137 Å². The van der Waals surface area contributed by atoms with E-state index in [0.29, 0.717) is 0 Å². The molecule has 0 radical (unpaired) electrons. The molecule has 31 heteroatoms. The van der Waals surface area contributed by atoms with Gasteiger partial charge in [-0.1, -0.05) is 55.4 Å². The number of fused-ring (bicyclic) bond motifs is 1. The summed E-state index contributed by atoms with van der Waals surface area (Å²) in [7, 11) is -5.08. The quantitative estimate of drug-likeness (QED) is 0.0327. The van der Waals surface area contributed by atoms with E-state index in [1.807, 2.05) is 0 Å². The lowest BCUT2D eigenvalue weighted by Gasteiger charge is -2.47. The van der Waals surface area contributed by atoms with Crippen LogP contribution in [0.4, 0.5) is 0 Å². The summed E-state index contributed by atoms with van der Waals surface area (Å²) in [6.45, 7) is 23.3. The Kier molecular flexibility index (Phi) is 28.9. The van der Waals surface area contributed by atoms with Gasteiger partial charge < -0.3 is 98.2 Å². The maximum Gasteiger partial charge on any atom is 0.335 e. The van der Waals surface area contributed by atoms with Crippen molar-refractivity contribution < 1.29 is 137 Å². The predicted molar refractivity (Wildman–Crippen MR) is 287 cm³/mol. The predicted octanol–water partition coefficient (Wildman–Crippen LogP) is 3.23. The van der Waals surface area contributed by atoms with E-state index in [-0.39, 0.29) is 68.8 Å². The highest BCUT2D eigenvalue weighted by Gasteiger charge is 2.65. The average Bonchev–Trinajstić information content (AvgIpc) is 2.42. The summed E-state index contributed by atoms with van der Waals surface area (Å²) >= 11 is 0. The van der Waals surface area contributed by atoms with Crippen molar-refractivity contribution in [1.82, 2.24) is 0 Å². The zero-order chi connectivity index (χ0) is 62.8. The van der Waals surface area contributed by atoms with Gasteiger partial charge in [-0.2, -0.15) is 0 Å². The molecule has 0 saturated carbocycles. The van der Waals surface area contributed by atoms with E-state index in [1.165, 1.54) is 7.11 Å². The first kappa shape index (κ1) is 72.2. The Hall–Kier alpha value is -4.33. The van der Waals surface area contributed by atoms with Crippen molar-refractivity contribution in [3.8, 4) is 0 Å². The van der Waals surface area contributed by atoms with Crippen LogP contribution in [0.5, 0.6) is 0 Å². The van der Waals surface area contributed by atoms with Gasteiger partial charge in [0.25, 0.3) is 0 Å². The van der Waals surface area contributed by atoms with Gasteiger partial charge in [0, 0.05) is 62.5 Å². The molecule has 0 spiro atoms. The van der Waals surface area contributed by atoms with Crippen LogP contribution >= 0.6 is 0 Å². The third-order valence-electron chi connectivity index (χ3n) is 13.7. The second-order valence-electron chi connectivity index (χ2n) is 21.5. The van der Waals surface area contributed by atoms with Gasteiger partial charge in [0.15, 0.2) is 55.5 Å². The van der Waals surface area contributed by atoms with Gasteiger partial charge in [0.1, 0.15) is 63.4 Å². The lowest BCUT2D eigenvalue weighted by molar-refractivity contribution is -0.317. The summed E-state index contributed by atoms with van der Waals surface area (Å²) in [6, 6.07) is 0. The zero-order valence-corrected chi connectivity index (χ0v) is 53.2. The molecule has 0 unspecified atom stereocenters. The van der Waals surface area contributed by atoms with Gasteiger partial charge in [-0.3, -0.25) is 38.4 Å². The minimum Gasteiger partial charge on any atom is -0.463 e. The average molecular weight is 1250 g/mol. The molecule has 4 aliphatic heterocycles. The molecule has 0 N–H and O–H groups in total. The number of ether oxygens (including phenoxy) is 18. The molecule has 84 heavy (non-hydrogen) atoms. The van der Waals surface area contributed by atoms with E-state index in [4.69, 9.17) is 98.2 Å². The number of hydrogen-bond donors (Lipinski definition) is 0. The fraction of sp³-hybridized carbons (Fsp3) is 0.849. The lowest BCUT2D eigenvalue weighted by atomic mass is 9.98. The molecule has 0 aliphatic carbocycles. The standard InChI is InChI=1S/C53H88O29Si2/c1-27(2)83(28(3)4)80-44-39(22-65-25-63-18-20-66-52-49(75-37(15)60)45(73-35(13)58)42(71-33(11)56)40(78-52)23-68-31(9)54)77-51(62-17)48(47(44)81-84(82-83,29(5)6)30(7)8)70-26-64-19-21-67-53-50(76-38(16)61)46(74-36(14)59)43(72-34(12)57)41(79-53)24-69-32(10)55/h27-30,39-53H,18-26H2,1-17H3/t39-,40-,41-,42-,43-,44-,45+,46+,47+,48+,49+,50+,51+,52+,53+/m1/s1. The Labute approximate surface area is 492 Å². The molecular weight excluding hydrogens is 1160 g/mol. The summed E-state index contributed by atoms with van der Waals surface area (Å²) in [6.07, 6.45) is -18.4. The summed E-state index contributed by atoms with van der Waals surface area (Å²) in [4.78, 5) is 97.3. The lowest BCUT2D eigenvalue weighted by Crippen LogP contribution is -2.64. The molecule has 0 bridgehead atoms. The molecule has 0 aromatic carbocycles. The summed E-state index contributed by atoms with van der Waals surface area (Å²) in [5, 5.41) is 0. The summed E-state index contributed by atoms with van der Waals surface area (Å²) in [5.74, 6) is -6.08. The van der Waals surface area contributed by atoms with Crippen LogP contribution in [0.25, 0.3) is 0 Å². The second kappa shape index (κ2) is 33.7. The molecule has 0 aromatic rings. The van der Waals surface area contributed by atoms with Gasteiger partial charge in [0.05, 0.1) is 33.0 Å². The van der Waals surface area contributed by atoms with Crippen molar-refractivity contribution in [2.75, 3.05) is 66.9 Å². The van der Waals surface area contributed by atoms with E-state index < -0.39 is 170 Å². The third kappa shape index (κ3) is 20.1. The largest absolute Gasteiger partial charge is 0.463 e. The summed E-state index contributed by atoms with van der Waals surface area (Å²) in [5.41, 5.74) is -0.285. The number of esters is 8. The van der Waals surface area contributed by atoms with Gasteiger partial charge >= 0.3 is 64.9 Å². The van der Waals surface area contributed by atoms with Gasteiger partial charge in [0.2, 0.25) is 0 Å². The first-order chi connectivity index (χ1) is 39.5. The molecule has 4 aliphatic rings. The van der Waals surface area contributed by atoms with E-state index in [2.05, 4.69) is 55.4 Å². The van der Waals surface area contributed by atoms with Crippen LogP contribution in [0.15, 0.2) is 0 Å². The molecule has 4 fully saturated rings. The van der Waals surface area contributed by atoms with Crippen LogP contribution in [0.2, 0.25) is 22.2 Å². The fourth-order valence-electron chi connectivity index (χ4n) is 10.3. The van der Waals surface area contributed by atoms with Crippen LogP contribution in [-0.4, -0.2) is 224 Å². The number of rotatable bonds is 30. The Morgan fingerprint density at radius 3 is 1.10 bits per heavy atom. The highest BCUT2D eigenvalue weighted by molar-refractivity contribution is 6.84. The molecule has 0 amide bonds. The van der Waals surface area contributed by atoms with Crippen LogP contribution in [0, 0.1) is 0 Å². The van der Waals surface area contributed by atoms with Crippen LogP contribution in [0.1, 0.15) is 111 Å². The monoisotopic (exact) mass is 1240 g/mol. The van der Waals surface area contributed by atoms with E-state index in [1.54, 1.807) is 0 Å². The second-order valence-corrected chi connectivity index (χ2v) is 30.3. The number of carbonyl (C=O) groups is 8. The zero-order valence-electron chi connectivity index (χ0n) is 51.2. The maximum absolute atomic E-state index is 12.4. The minimum atomic E-state index is -3.27. The first-order valence-electron chi connectivity index (χ1n) is 27.9. The van der Waals surface area contributed by atoms with Crippen molar-refractivity contribution in [2.24, 2.45) is 0 Å². The maximum atomic E-state index is 12.4. The Morgan fingerprint density at radius 2 is 0.726 bits per heavy atom. The number of carbonyl (C=O) groups excluding carboxylic acids is 8. The molecular formula is C53H88O29Si2. The van der Waals surface area contributed by atoms with Gasteiger partial charge in [-0.05, 0) is 22.2 Å². The normalized spacial score (nSPS) is 30.1. The SMILES string of the molecule is CO[C@H]1O[C@H](COCOCCO[C@H]2O[C@H](COC(C)=O)[C@@H](OC(C)=O)[C@H](OC(C)=O)[C@@H]2OC(C)=O)[C@H]2O[Si](C(C)C)(C(C)C)O[Si](C(C)C)(C(C)C)O[C@@H]2[C@@H]1OCOCCO[C@H]1O[C@H](COC(C)=O)[C@@H](OC(C)=O)[C@H](OC(C)=O)[C@@H]1OC(C)=O. The molecule has 482 valence electrons. The third-order valence-corrected chi connectivity index (χ3v) is 24.0. The molecule has 4 saturated heterocycles. The van der Waals surface area contributed by atoms with Crippen molar-refractivity contribution in [3.63, 3.8) is 0 Å². The molecule has 4 rings (SSSR count). The first-order valence-corrected chi connectivity index (χ1v) is 31.8. The van der Waals surface area contributed by atoms with E-state index in [0.717, 1.165) is 55.4 Å². The summed E-state index contributed by atoms with van der Waals surface area (Å²) < 4.78 is 126. The minimum absolute atomic E-state index is 0.0678. The van der Waals surface area contributed by atoms with Crippen LogP contribution in [0.3, 0.4) is 0 Å².